The number of nitrogens with one attached hydrogen (secondary N) is 1. The molecule has 0 heterocycles. The van der Waals surface area contributed by atoms with Crippen molar-refractivity contribution in [2.45, 2.75) is 89.2 Å². The fourth-order valence-corrected chi connectivity index (χ4v) is 6.87. The van der Waals surface area contributed by atoms with Crippen LogP contribution in [0.5, 0.6) is 0 Å². The van der Waals surface area contributed by atoms with Crippen LogP contribution >= 0.6 is 0 Å². The second-order valence-corrected chi connectivity index (χ2v) is 13.4. The van der Waals surface area contributed by atoms with Gasteiger partial charge >= 0.3 is 0 Å². The van der Waals surface area contributed by atoms with Crippen LogP contribution in [-0.2, 0) is 26.2 Å². The lowest BCUT2D eigenvalue weighted by Crippen LogP contribution is -2.53. The van der Waals surface area contributed by atoms with Gasteiger partial charge in [-0.2, -0.15) is 0 Å². The molecule has 1 aliphatic rings. The van der Waals surface area contributed by atoms with Crippen molar-refractivity contribution in [1.29, 1.82) is 0 Å². The van der Waals surface area contributed by atoms with Gasteiger partial charge in [-0.25, -0.2) is 8.42 Å². The van der Waals surface area contributed by atoms with Crippen molar-refractivity contribution in [2.24, 2.45) is 0 Å². The van der Waals surface area contributed by atoms with Gasteiger partial charge in [0.15, 0.2) is 0 Å². The van der Waals surface area contributed by atoms with Gasteiger partial charge in [-0.1, -0.05) is 93.8 Å². The molecule has 8 heteroatoms. The van der Waals surface area contributed by atoms with Crippen molar-refractivity contribution in [3.8, 4) is 0 Å². The Bertz CT molecular complexity index is 1430. The second kappa shape index (κ2) is 14.0. The van der Waals surface area contributed by atoms with Crippen molar-refractivity contribution in [3.05, 3.63) is 95.6 Å². The maximum absolute atomic E-state index is 14.2. The van der Waals surface area contributed by atoms with Crippen LogP contribution in [0.15, 0.2) is 83.8 Å². The first kappa shape index (κ1) is 31.3. The van der Waals surface area contributed by atoms with Crippen LogP contribution in [0, 0.1) is 6.92 Å². The van der Waals surface area contributed by atoms with Gasteiger partial charge in [0.2, 0.25) is 11.8 Å². The normalized spacial score (nSPS) is 14.5. The van der Waals surface area contributed by atoms with Crippen LogP contribution in [-0.4, -0.2) is 43.8 Å². The molecule has 42 heavy (non-hydrogen) atoms. The first-order chi connectivity index (χ1) is 20.1. The predicted octanol–water partition coefficient (Wildman–Crippen LogP) is 6.18. The highest BCUT2D eigenvalue weighted by Gasteiger charge is 2.34. The minimum atomic E-state index is -4.09. The summed E-state index contributed by atoms with van der Waals surface area (Å²) >= 11 is 0. The first-order valence-corrected chi connectivity index (χ1v) is 16.4. The highest BCUT2D eigenvalue weighted by Crippen LogP contribution is 2.27. The van der Waals surface area contributed by atoms with E-state index in [-0.39, 0.29) is 29.3 Å². The Morgan fingerprint density at radius 2 is 1.52 bits per heavy atom. The molecule has 1 N–H and O–H groups in total. The van der Waals surface area contributed by atoms with Gasteiger partial charge in [-0.05, 0) is 67.5 Å². The largest absolute Gasteiger partial charge is 0.352 e. The maximum Gasteiger partial charge on any atom is 0.264 e. The number of nitrogens with zero attached hydrogens (tertiary/aromatic N) is 2. The zero-order valence-electron chi connectivity index (χ0n) is 25.1. The van der Waals surface area contributed by atoms with Crippen LogP contribution in [0.25, 0.3) is 0 Å². The topological polar surface area (TPSA) is 86.8 Å². The zero-order valence-corrected chi connectivity index (χ0v) is 25.9. The summed E-state index contributed by atoms with van der Waals surface area (Å²) in [4.78, 5) is 29.4. The van der Waals surface area contributed by atoms with E-state index in [1.54, 1.807) is 41.3 Å². The Kier molecular flexibility index (Phi) is 10.4. The van der Waals surface area contributed by atoms with Crippen molar-refractivity contribution in [1.82, 2.24) is 10.2 Å². The predicted molar refractivity (Wildman–Crippen MR) is 168 cm³/mol. The third kappa shape index (κ3) is 7.59. The fourth-order valence-electron chi connectivity index (χ4n) is 5.46. The number of amides is 2. The Hall–Kier alpha value is -3.65. The molecule has 1 saturated carbocycles. The fraction of sp³-hybridized carbons (Fsp3) is 0.412. The quantitative estimate of drug-likeness (QED) is 0.273. The van der Waals surface area contributed by atoms with E-state index in [0.717, 1.165) is 42.4 Å². The molecule has 2 amide bonds. The van der Waals surface area contributed by atoms with E-state index in [0.29, 0.717) is 12.1 Å². The smallest absolute Gasteiger partial charge is 0.264 e. The van der Waals surface area contributed by atoms with Crippen molar-refractivity contribution >= 4 is 27.5 Å². The molecule has 0 aliphatic heterocycles. The second-order valence-electron chi connectivity index (χ2n) is 11.5. The molecule has 0 radical (unpaired) electrons. The number of benzene rings is 3. The molecule has 224 valence electrons. The molecule has 3 aromatic carbocycles. The van der Waals surface area contributed by atoms with Gasteiger partial charge < -0.3 is 10.2 Å². The van der Waals surface area contributed by atoms with E-state index < -0.39 is 28.5 Å². The summed E-state index contributed by atoms with van der Waals surface area (Å²) in [6.07, 6.45) is 4.43. The molecule has 0 saturated heterocycles. The van der Waals surface area contributed by atoms with Gasteiger partial charge in [0.25, 0.3) is 10.0 Å². The van der Waals surface area contributed by atoms with Gasteiger partial charge in [-0.3, -0.25) is 13.9 Å². The van der Waals surface area contributed by atoms with E-state index in [9.17, 15) is 18.0 Å². The van der Waals surface area contributed by atoms with Gasteiger partial charge in [-0.15, -0.1) is 0 Å². The summed E-state index contributed by atoms with van der Waals surface area (Å²) in [5.74, 6) is -0.355. The standard InChI is InChI=1S/C34H43N3O4S/c1-5-32(34(39)35-29-13-9-10-14-29)36(23-27-11-7-6-8-12-27)33(38)24-37(30-19-17-28(18-20-30)25(2)3)42(40,41)31-21-15-26(4)16-22-31/h6-8,11-12,15-22,25,29,32H,5,9-10,13-14,23-24H2,1-4H3,(H,35,39)/t32-/m0/s1. The molecule has 4 rings (SSSR count). The van der Waals surface area contributed by atoms with E-state index in [2.05, 4.69) is 19.2 Å². The molecule has 1 aliphatic carbocycles. The van der Waals surface area contributed by atoms with Crippen molar-refractivity contribution in [2.75, 3.05) is 10.8 Å². The van der Waals surface area contributed by atoms with Crippen LogP contribution in [0.4, 0.5) is 5.69 Å². The summed E-state index contributed by atoms with van der Waals surface area (Å²) in [5, 5.41) is 3.15. The molecule has 1 atom stereocenters. The highest BCUT2D eigenvalue weighted by molar-refractivity contribution is 7.92. The molecule has 7 nitrogen and oxygen atoms in total. The third-order valence-electron chi connectivity index (χ3n) is 8.02. The Labute approximate surface area is 251 Å². The minimum Gasteiger partial charge on any atom is -0.352 e. The van der Waals surface area contributed by atoms with E-state index in [1.807, 2.05) is 56.3 Å². The van der Waals surface area contributed by atoms with E-state index in [1.165, 1.54) is 4.31 Å². The Balaban J connectivity index is 1.71. The maximum atomic E-state index is 14.2. The monoisotopic (exact) mass is 589 g/mol. The number of sulfonamides is 1. The molecule has 3 aromatic rings. The number of hydrogen-bond donors (Lipinski definition) is 1. The molecular weight excluding hydrogens is 546 g/mol. The molecule has 1 fully saturated rings. The number of anilines is 1. The zero-order chi connectivity index (χ0) is 30.3. The first-order valence-electron chi connectivity index (χ1n) is 14.9. The molecule has 0 spiro atoms. The lowest BCUT2D eigenvalue weighted by atomic mass is 10.0. The Morgan fingerprint density at radius 3 is 2.10 bits per heavy atom. The summed E-state index contributed by atoms with van der Waals surface area (Å²) in [7, 11) is -4.09. The average molecular weight is 590 g/mol. The average Bonchev–Trinajstić information content (AvgIpc) is 3.49. The van der Waals surface area contributed by atoms with Crippen LogP contribution < -0.4 is 9.62 Å². The lowest BCUT2D eigenvalue weighted by Gasteiger charge is -2.34. The SMILES string of the molecule is CC[C@@H](C(=O)NC1CCCC1)N(Cc1ccccc1)C(=O)CN(c1ccc(C(C)C)cc1)S(=O)(=O)c1ccc(C)cc1. The van der Waals surface area contributed by atoms with Gasteiger partial charge in [0, 0.05) is 12.6 Å². The molecule has 0 unspecified atom stereocenters. The lowest BCUT2D eigenvalue weighted by molar-refractivity contribution is -0.140. The number of hydrogen-bond acceptors (Lipinski definition) is 4. The number of rotatable bonds is 12. The van der Waals surface area contributed by atoms with E-state index >= 15 is 0 Å². The summed E-state index contributed by atoms with van der Waals surface area (Å²) in [5.41, 5.74) is 3.27. The van der Waals surface area contributed by atoms with Crippen LogP contribution in [0.1, 0.15) is 75.5 Å². The number of carbonyl (C=O) groups excluding carboxylic acids is 2. The van der Waals surface area contributed by atoms with Crippen LogP contribution in [0.3, 0.4) is 0 Å². The number of aryl methyl sites for hydroxylation is 1. The highest BCUT2D eigenvalue weighted by atomic mass is 32.2. The van der Waals surface area contributed by atoms with E-state index in [4.69, 9.17) is 0 Å². The number of carbonyl (C=O) groups is 2. The molecular formula is C34H43N3O4S. The van der Waals surface area contributed by atoms with Gasteiger partial charge in [0.05, 0.1) is 10.6 Å². The summed E-state index contributed by atoms with van der Waals surface area (Å²) < 4.78 is 29.3. The summed E-state index contributed by atoms with van der Waals surface area (Å²) in [6, 6.07) is 22.8. The van der Waals surface area contributed by atoms with Gasteiger partial charge in [0.1, 0.15) is 12.6 Å². The van der Waals surface area contributed by atoms with Crippen molar-refractivity contribution < 1.29 is 18.0 Å². The molecule has 0 bridgehead atoms. The van der Waals surface area contributed by atoms with Crippen LogP contribution in [0.2, 0.25) is 0 Å². The third-order valence-corrected chi connectivity index (χ3v) is 9.81. The molecule has 0 aromatic heterocycles. The summed E-state index contributed by atoms with van der Waals surface area (Å²) in [6.45, 7) is 7.68. The Morgan fingerprint density at radius 1 is 0.905 bits per heavy atom. The van der Waals surface area contributed by atoms with Crippen molar-refractivity contribution in [3.63, 3.8) is 0 Å². The minimum absolute atomic E-state index is 0.106.